The van der Waals surface area contributed by atoms with E-state index in [1.54, 1.807) is 0 Å². The molecule has 1 aromatic carbocycles. The minimum Gasteiger partial charge on any atom is -0.469 e. The third kappa shape index (κ3) is 4.24. The lowest BCUT2D eigenvalue weighted by molar-refractivity contribution is -0.140. The number of carbonyl (C=O) groups is 2. The van der Waals surface area contributed by atoms with Crippen molar-refractivity contribution in [3.05, 3.63) is 34.4 Å². The quantitative estimate of drug-likeness (QED) is 0.597. The second-order valence-electron chi connectivity index (χ2n) is 6.59. The summed E-state index contributed by atoms with van der Waals surface area (Å²) in [5, 5.41) is 0. The van der Waals surface area contributed by atoms with E-state index in [9.17, 15) is 9.59 Å². The van der Waals surface area contributed by atoms with Crippen LogP contribution in [0.2, 0.25) is 0 Å². The first-order chi connectivity index (χ1) is 10.9. The van der Waals surface area contributed by atoms with Crippen LogP contribution < -0.4 is 0 Å². The van der Waals surface area contributed by atoms with Gasteiger partial charge in [0.25, 0.3) is 0 Å². The standard InChI is InChI=1S/C19H25BO3/c1-12-10-14(6-4-7-15-8-5-9-16(15)21)11-13(2)17(12)18(20)19(22)23-3/h10-11,15,18H,4-9H2,1-3H3. The van der Waals surface area contributed by atoms with Crippen LogP contribution in [0.15, 0.2) is 12.1 Å². The summed E-state index contributed by atoms with van der Waals surface area (Å²) in [5.41, 5.74) is 4.14. The number of ketones is 1. The summed E-state index contributed by atoms with van der Waals surface area (Å²) in [4.78, 5) is 23.4. The van der Waals surface area contributed by atoms with Crippen molar-refractivity contribution in [2.45, 2.75) is 58.2 Å². The van der Waals surface area contributed by atoms with E-state index >= 15 is 0 Å². The van der Waals surface area contributed by atoms with Gasteiger partial charge in [0.05, 0.1) is 15.0 Å². The van der Waals surface area contributed by atoms with Gasteiger partial charge in [-0.3, -0.25) is 9.59 Å². The molecule has 0 amide bonds. The SMILES string of the molecule is [B]C(C(=O)OC)c1c(C)cc(CCCC2CCCC2=O)cc1C. The van der Waals surface area contributed by atoms with Crippen LogP contribution in [0.4, 0.5) is 0 Å². The summed E-state index contributed by atoms with van der Waals surface area (Å²) in [6.45, 7) is 3.96. The van der Waals surface area contributed by atoms with Gasteiger partial charge in [-0.25, -0.2) is 0 Å². The van der Waals surface area contributed by atoms with Gasteiger partial charge in [0, 0.05) is 18.2 Å². The normalized spacial score (nSPS) is 18.9. The Balaban J connectivity index is 2.01. The van der Waals surface area contributed by atoms with E-state index < -0.39 is 11.8 Å². The monoisotopic (exact) mass is 312 g/mol. The molecule has 0 heterocycles. The maximum Gasteiger partial charge on any atom is 0.304 e. The Hall–Kier alpha value is -1.58. The van der Waals surface area contributed by atoms with Gasteiger partial charge in [-0.2, -0.15) is 0 Å². The molecule has 0 aliphatic heterocycles. The number of rotatable bonds is 6. The first-order valence-corrected chi connectivity index (χ1v) is 8.40. The van der Waals surface area contributed by atoms with Crippen LogP contribution >= 0.6 is 0 Å². The van der Waals surface area contributed by atoms with Crippen molar-refractivity contribution in [3.8, 4) is 0 Å². The Morgan fingerprint density at radius 3 is 2.52 bits per heavy atom. The average molecular weight is 312 g/mol. The summed E-state index contributed by atoms with van der Waals surface area (Å²) < 4.78 is 4.74. The molecule has 23 heavy (non-hydrogen) atoms. The molecular weight excluding hydrogens is 287 g/mol. The Labute approximate surface area is 140 Å². The van der Waals surface area contributed by atoms with Crippen LogP contribution in [-0.4, -0.2) is 26.7 Å². The number of ether oxygens (including phenoxy) is 1. The van der Waals surface area contributed by atoms with Crippen molar-refractivity contribution in [3.63, 3.8) is 0 Å². The fourth-order valence-corrected chi connectivity index (χ4v) is 3.69. The maximum absolute atomic E-state index is 11.7. The van der Waals surface area contributed by atoms with Gasteiger partial charge < -0.3 is 4.74 Å². The lowest BCUT2D eigenvalue weighted by atomic mass is 9.76. The second-order valence-corrected chi connectivity index (χ2v) is 6.59. The molecule has 1 aromatic rings. The number of Topliss-reactive ketones (excluding diaryl/α,β-unsaturated/α-hetero) is 1. The van der Waals surface area contributed by atoms with Gasteiger partial charge in [0.2, 0.25) is 0 Å². The molecule has 0 aromatic heterocycles. The summed E-state index contributed by atoms with van der Waals surface area (Å²) >= 11 is 0. The number of methoxy groups -OCH3 is 1. The van der Waals surface area contributed by atoms with Gasteiger partial charge in [-0.15, -0.1) is 0 Å². The number of carbonyl (C=O) groups excluding carboxylic acids is 2. The van der Waals surface area contributed by atoms with Crippen LogP contribution in [0.5, 0.6) is 0 Å². The molecule has 0 N–H and O–H groups in total. The Morgan fingerprint density at radius 1 is 1.35 bits per heavy atom. The Bertz CT molecular complexity index is 571. The summed E-state index contributed by atoms with van der Waals surface area (Å²) in [7, 11) is 7.34. The molecule has 0 saturated heterocycles. The smallest absolute Gasteiger partial charge is 0.304 e. The zero-order valence-electron chi connectivity index (χ0n) is 14.4. The summed E-state index contributed by atoms with van der Waals surface area (Å²) in [6.07, 6.45) is 5.85. The molecular formula is C19H25BO3. The van der Waals surface area contributed by atoms with E-state index in [-0.39, 0.29) is 5.92 Å². The van der Waals surface area contributed by atoms with E-state index in [2.05, 4.69) is 12.1 Å². The predicted molar refractivity (Wildman–Crippen MR) is 91.7 cm³/mol. The minimum atomic E-state index is -0.731. The third-order valence-corrected chi connectivity index (χ3v) is 4.87. The minimum absolute atomic E-state index is 0.282. The second kappa shape index (κ2) is 7.80. The van der Waals surface area contributed by atoms with Crippen molar-refractivity contribution in [2.75, 3.05) is 7.11 Å². The van der Waals surface area contributed by atoms with Crippen LogP contribution in [0.3, 0.4) is 0 Å². The highest BCUT2D eigenvalue weighted by Crippen LogP contribution is 2.28. The molecule has 3 nitrogen and oxygen atoms in total. The van der Waals surface area contributed by atoms with Gasteiger partial charge in [-0.05, 0) is 68.2 Å². The number of benzene rings is 1. The van der Waals surface area contributed by atoms with Crippen molar-refractivity contribution < 1.29 is 14.3 Å². The predicted octanol–water partition coefficient (Wildman–Crippen LogP) is 3.38. The first kappa shape index (κ1) is 17.8. The molecule has 0 spiro atoms. The Morgan fingerprint density at radius 2 is 2.00 bits per heavy atom. The average Bonchev–Trinajstić information content (AvgIpc) is 2.91. The van der Waals surface area contributed by atoms with Gasteiger partial charge in [-0.1, -0.05) is 12.1 Å². The lowest BCUT2D eigenvalue weighted by Gasteiger charge is -2.18. The van der Waals surface area contributed by atoms with Crippen molar-refractivity contribution >= 4 is 19.6 Å². The highest BCUT2D eigenvalue weighted by atomic mass is 16.5. The van der Waals surface area contributed by atoms with Crippen molar-refractivity contribution in [1.29, 1.82) is 0 Å². The fraction of sp³-hybridized carbons (Fsp3) is 0.579. The fourth-order valence-electron chi connectivity index (χ4n) is 3.69. The van der Waals surface area contributed by atoms with Crippen molar-refractivity contribution in [1.82, 2.24) is 0 Å². The molecule has 122 valence electrons. The van der Waals surface area contributed by atoms with Gasteiger partial charge in [0.15, 0.2) is 0 Å². The highest BCUT2D eigenvalue weighted by Gasteiger charge is 2.24. The molecule has 1 saturated carbocycles. The van der Waals surface area contributed by atoms with Crippen LogP contribution in [0.25, 0.3) is 0 Å². The zero-order chi connectivity index (χ0) is 17.0. The highest BCUT2D eigenvalue weighted by molar-refractivity contribution is 6.23. The van der Waals surface area contributed by atoms with Crippen molar-refractivity contribution in [2.24, 2.45) is 5.92 Å². The summed E-state index contributed by atoms with van der Waals surface area (Å²) in [5.74, 6) is -0.421. The molecule has 1 aliphatic carbocycles. The molecule has 2 atom stereocenters. The lowest BCUT2D eigenvalue weighted by Crippen LogP contribution is -2.17. The molecule has 2 unspecified atom stereocenters. The number of hydrogen-bond donors (Lipinski definition) is 0. The first-order valence-electron chi connectivity index (χ1n) is 8.40. The van der Waals surface area contributed by atoms with E-state index in [1.165, 1.54) is 12.7 Å². The van der Waals surface area contributed by atoms with Crippen LogP contribution in [0.1, 0.15) is 60.2 Å². The number of aryl methyl sites for hydroxylation is 3. The third-order valence-electron chi connectivity index (χ3n) is 4.87. The molecule has 4 heteroatoms. The molecule has 2 rings (SSSR count). The largest absolute Gasteiger partial charge is 0.469 e. The number of esters is 1. The summed E-state index contributed by atoms with van der Waals surface area (Å²) in [6, 6.07) is 4.20. The van der Waals surface area contributed by atoms with Crippen LogP contribution in [-0.2, 0) is 20.7 Å². The van der Waals surface area contributed by atoms with E-state index in [1.807, 2.05) is 13.8 Å². The maximum atomic E-state index is 11.7. The van der Waals surface area contributed by atoms with Gasteiger partial charge >= 0.3 is 5.97 Å². The van der Waals surface area contributed by atoms with E-state index in [0.29, 0.717) is 5.78 Å². The molecule has 0 bridgehead atoms. The van der Waals surface area contributed by atoms with Crippen LogP contribution in [0, 0.1) is 19.8 Å². The Kier molecular flexibility index (Phi) is 6.03. The zero-order valence-corrected chi connectivity index (χ0v) is 14.4. The van der Waals surface area contributed by atoms with E-state index in [0.717, 1.165) is 55.2 Å². The van der Waals surface area contributed by atoms with Gasteiger partial charge in [0.1, 0.15) is 5.78 Å². The topological polar surface area (TPSA) is 43.4 Å². The molecule has 2 radical (unpaired) electrons. The molecule has 1 fully saturated rings. The molecule has 1 aliphatic rings. The number of hydrogen-bond acceptors (Lipinski definition) is 3. The van der Waals surface area contributed by atoms with E-state index in [4.69, 9.17) is 12.6 Å².